The predicted octanol–water partition coefficient (Wildman–Crippen LogP) is 4.77. The molecule has 0 radical (unpaired) electrons. The topological polar surface area (TPSA) is 20.3 Å². The van der Waals surface area contributed by atoms with Crippen molar-refractivity contribution < 1.29 is 8.60 Å². The molecule has 1 fully saturated rings. The van der Waals surface area contributed by atoms with Gasteiger partial charge in [-0.2, -0.15) is 0 Å². The van der Waals surface area contributed by atoms with Crippen molar-refractivity contribution in [3.05, 3.63) is 59.4 Å². The zero-order valence-electron chi connectivity index (χ0n) is 14.1. The highest BCUT2D eigenvalue weighted by Crippen LogP contribution is 2.37. The van der Waals surface area contributed by atoms with E-state index in [4.69, 9.17) is 0 Å². The highest BCUT2D eigenvalue weighted by atomic mass is 32.2. The van der Waals surface area contributed by atoms with Crippen LogP contribution in [0.1, 0.15) is 36.3 Å². The van der Waals surface area contributed by atoms with Crippen molar-refractivity contribution in [1.82, 2.24) is 4.31 Å². The van der Waals surface area contributed by atoms with Gasteiger partial charge >= 0.3 is 0 Å². The van der Waals surface area contributed by atoms with Crippen molar-refractivity contribution >= 4 is 22.7 Å². The van der Waals surface area contributed by atoms with Crippen molar-refractivity contribution in [1.29, 1.82) is 0 Å². The molecule has 0 bridgehead atoms. The summed E-state index contributed by atoms with van der Waals surface area (Å²) >= 11 is 1.61. The Morgan fingerprint density at radius 2 is 2.04 bits per heavy atom. The Morgan fingerprint density at radius 1 is 1.16 bits per heavy atom. The average molecular weight is 376 g/mol. The molecule has 2 aromatic carbocycles. The van der Waals surface area contributed by atoms with E-state index in [1.165, 1.54) is 30.0 Å². The highest BCUT2D eigenvalue weighted by molar-refractivity contribution is 7.99. The molecule has 2 atom stereocenters. The minimum absolute atomic E-state index is 0.193. The molecule has 5 heteroatoms. The summed E-state index contributed by atoms with van der Waals surface area (Å²) in [7, 11) is -0.779. The lowest BCUT2D eigenvalue weighted by Crippen LogP contribution is -2.28. The molecule has 1 saturated heterocycles. The number of hydrogen-bond donors (Lipinski definition) is 0. The number of rotatable bonds is 4. The smallest absolute Gasteiger partial charge is 0.124 e. The van der Waals surface area contributed by atoms with Crippen LogP contribution in [-0.2, 0) is 17.4 Å². The molecule has 2 aliphatic rings. The fourth-order valence-electron chi connectivity index (χ4n) is 3.83. The third-order valence-corrected chi connectivity index (χ3v) is 7.55. The molecule has 0 amide bonds. The first-order chi connectivity index (χ1) is 12.2. The number of aryl methyl sites for hydroxylation is 1. The zero-order chi connectivity index (χ0) is 17.2. The summed E-state index contributed by atoms with van der Waals surface area (Å²) < 4.78 is 27.6. The van der Waals surface area contributed by atoms with Crippen LogP contribution in [0, 0.1) is 5.82 Å². The summed E-state index contributed by atoms with van der Waals surface area (Å²) in [5.41, 5.74) is 2.82. The third-order valence-electron chi connectivity index (χ3n) is 5.02. The fourth-order valence-corrected chi connectivity index (χ4v) is 6.07. The third kappa shape index (κ3) is 3.99. The molecule has 1 heterocycles. The van der Waals surface area contributed by atoms with Crippen LogP contribution in [0.3, 0.4) is 0 Å². The molecular formula is C20H22FNOS2. The predicted molar refractivity (Wildman–Crippen MR) is 102 cm³/mol. The van der Waals surface area contributed by atoms with Gasteiger partial charge in [0.25, 0.3) is 0 Å². The zero-order valence-corrected chi connectivity index (χ0v) is 15.8. The second-order valence-electron chi connectivity index (χ2n) is 6.78. The molecule has 0 aromatic heterocycles. The van der Waals surface area contributed by atoms with E-state index in [1.807, 2.05) is 6.07 Å². The van der Waals surface area contributed by atoms with Gasteiger partial charge in [0.05, 0.1) is 11.0 Å². The van der Waals surface area contributed by atoms with Crippen LogP contribution < -0.4 is 0 Å². The van der Waals surface area contributed by atoms with E-state index in [9.17, 15) is 8.60 Å². The molecule has 0 N–H and O–H groups in total. The second-order valence-corrected chi connectivity index (χ2v) is 9.49. The highest BCUT2D eigenvalue weighted by Gasteiger charge is 2.27. The van der Waals surface area contributed by atoms with Crippen molar-refractivity contribution in [2.24, 2.45) is 0 Å². The molecule has 4 rings (SSSR count). The van der Waals surface area contributed by atoms with E-state index in [-0.39, 0.29) is 5.82 Å². The van der Waals surface area contributed by atoms with Crippen molar-refractivity contribution in [2.75, 3.05) is 18.8 Å². The van der Waals surface area contributed by atoms with Crippen LogP contribution in [0.25, 0.3) is 0 Å². The van der Waals surface area contributed by atoms with Crippen LogP contribution in [0.4, 0.5) is 4.39 Å². The Morgan fingerprint density at radius 3 is 2.84 bits per heavy atom. The first-order valence-electron chi connectivity index (χ1n) is 8.89. The Balaban J connectivity index is 1.52. The van der Waals surface area contributed by atoms with Crippen LogP contribution in [0.5, 0.6) is 0 Å². The Kier molecular flexibility index (Phi) is 5.25. The van der Waals surface area contributed by atoms with Gasteiger partial charge in [-0.25, -0.2) is 12.9 Å². The van der Waals surface area contributed by atoms with E-state index >= 15 is 0 Å². The van der Waals surface area contributed by atoms with Gasteiger partial charge < -0.3 is 0 Å². The molecule has 132 valence electrons. The van der Waals surface area contributed by atoms with Crippen molar-refractivity contribution in [3.63, 3.8) is 0 Å². The summed E-state index contributed by atoms with van der Waals surface area (Å²) in [5.74, 6) is 1.11. The van der Waals surface area contributed by atoms with Gasteiger partial charge in [0, 0.05) is 28.6 Å². The minimum atomic E-state index is -0.779. The van der Waals surface area contributed by atoms with Gasteiger partial charge in [0.1, 0.15) is 5.82 Å². The molecule has 1 unspecified atom stereocenters. The standard InChI is InChI=1S/C20H22FNOS2/c21-17-6-2-7-18(13-17)24-19-8-9-20-15(12-19)4-1-5-16(20)14-22-10-3-11-25(22)23/h2,6-9,12-13,16H,1,3-5,10-11,14H2/t16-,25?/m0/s1. The molecular weight excluding hydrogens is 353 g/mol. The molecule has 0 saturated carbocycles. The number of nitrogens with zero attached hydrogens (tertiary/aromatic N) is 1. The van der Waals surface area contributed by atoms with Gasteiger partial charge in [-0.3, -0.25) is 0 Å². The van der Waals surface area contributed by atoms with E-state index in [0.717, 1.165) is 41.5 Å². The van der Waals surface area contributed by atoms with Crippen LogP contribution in [0.2, 0.25) is 0 Å². The molecule has 25 heavy (non-hydrogen) atoms. The van der Waals surface area contributed by atoms with Gasteiger partial charge in [-0.15, -0.1) is 0 Å². The SMILES string of the molecule is O=S1CCCN1C[C@@H]1CCCc2cc(Sc3cccc(F)c3)ccc21. The molecule has 1 aliphatic carbocycles. The van der Waals surface area contributed by atoms with Gasteiger partial charge in [0.2, 0.25) is 0 Å². The summed E-state index contributed by atoms with van der Waals surface area (Å²) in [5, 5.41) is 0. The van der Waals surface area contributed by atoms with E-state index < -0.39 is 11.0 Å². The maximum Gasteiger partial charge on any atom is 0.124 e. The van der Waals surface area contributed by atoms with Gasteiger partial charge in [-0.1, -0.05) is 23.9 Å². The monoisotopic (exact) mass is 375 g/mol. The lowest BCUT2D eigenvalue weighted by atomic mass is 9.83. The minimum Gasteiger partial charge on any atom is -0.243 e. The quantitative estimate of drug-likeness (QED) is 0.767. The molecule has 2 nitrogen and oxygen atoms in total. The number of fused-ring (bicyclic) bond motifs is 1. The first kappa shape index (κ1) is 17.3. The van der Waals surface area contributed by atoms with Crippen LogP contribution in [-0.4, -0.2) is 27.4 Å². The number of halogens is 1. The van der Waals surface area contributed by atoms with Crippen molar-refractivity contribution in [2.45, 2.75) is 41.4 Å². The maximum absolute atomic E-state index is 13.4. The van der Waals surface area contributed by atoms with Gasteiger partial charge in [-0.05, 0) is 73.1 Å². The maximum atomic E-state index is 13.4. The van der Waals surface area contributed by atoms with Crippen LogP contribution in [0.15, 0.2) is 52.3 Å². The summed E-state index contributed by atoms with van der Waals surface area (Å²) in [6.07, 6.45) is 4.52. The van der Waals surface area contributed by atoms with Crippen molar-refractivity contribution in [3.8, 4) is 0 Å². The molecule has 0 spiro atoms. The van der Waals surface area contributed by atoms with E-state index in [2.05, 4.69) is 22.5 Å². The fraction of sp³-hybridized carbons (Fsp3) is 0.400. The lowest BCUT2D eigenvalue weighted by Gasteiger charge is -2.29. The number of hydrogen-bond acceptors (Lipinski definition) is 2. The Bertz CT molecular complexity index is 795. The normalized spacial score (nSPS) is 23.6. The van der Waals surface area contributed by atoms with Crippen LogP contribution >= 0.6 is 11.8 Å². The molecule has 2 aromatic rings. The average Bonchev–Trinajstić information content (AvgIpc) is 3.00. The Labute approximate surface area is 155 Å². The van der Waals surface area contributed by atoms with E-state index in [1.54, 1.807) is 23.9 Å². The second kappa shape index (κ2) is 7.60. The van der Waals surface area contributed by atoms with Gasteiger partial charge in [0.15, 0.2) is 0 Å². The summed E-state index contributed by atoms with van der Waals surface area (Å²) in [6.45, 7) is 1.88. The lowest BCUT2D eigenvalue weighted by molar-refractivity contribution is 0.403. The summed E-state index contributed by atoms with van der Waals surface area (Å²) in [4.78, 5) is 2.09. The van der Waals surface area contributed by atoms with E-state index in [0.29, 0.717) is 5.92 Å². The largest absolute Gasteiger partial charge is 0.243 e. The first-order valence-corrected chi connectivity index (χ1v) is 11.0. The Hall–Kier alpha value is -1.17. The summed E-state index contributed by atoms with van der Waals surface area (Å²) in [6, 6.07) is 13.4. The molecule has 1 aliphatic heterocycles. The number of benzene rings is 2.